The number of carbonyl (C=O) groups is 5. The molecule has 3 aromatic carbocycles. The molecular weight excluding hydrogens is 726 g/mol. The van der Waals surface area contributed by atoms with Crippen LogP contribution in [0, 0.1) is 11.8 Å². The summed E-state index contributed by atoms with van der Waals surface area (Å²) >= 11 is 10.5. The Morgan fingerprint density at radius 3 is 1.95 bits per heavy atom. The van der Waals surface area contributed by atoms with Crippen molar-refractivity contribution in [1.82, 2.24) is 0 Å². The number of carbonyl (C=O) groups excluding carboxylic acids is 5. The molecule has 41 heavy (non-hydrogen) atoms. The average molecular weight is 748 g/mol. The minimum absolute atomic E-state index is 0.0858. The Bertz CT molecular complexity index is 1500. The zero-order chi connectivity index (χ0) is 29.3. The average Bonchev–Trinajstić information content (AvgIpc) is 3.20. The third-order valence-electron chi connectivity index (χ3n) is 7.05. The summed E-state index contributed by atoms with van der Waals surface area (Å²) in [7, 11) is 0. The van der Waals surface area contributed by atoms with Crippen LogP contribution in [0.1, 0.15) is 43.9 Å². The summed E-state index contributed by atoms with van der Waals surface area (Å²) in [6.07, 6.45) is 1.08. The first-order chi connectivity index (χ1) is 19.6. The van der Waals surface area contributed by atoms with Crippen molar-refractivity contribution >= 4 is 83.0 Å². The number of rotatable bonds is 7. The summed E-state index contributed by atoms with van der Waals surface area (Å²) in [6.45, 7) is -0.522. The fourth-order valence-electron chi connectivity index (χ4n) is 4.88. The molecular formula is C30H22Br3NO7. The Morgan fingerprint density at radius 2 is 1.34 bits per heavy atom. The molecule has 2 fully saturated rings. The maximum atomic E-state index is 13.1. The summed E-state index contributed by atoms with van der Waals surface area (Å²) in [5.74, 6) is -2.89. The number of anilines is 1. The van der Waals surface area contributed by atoms with Gasteiger partial charge in [-0.05, 0) is 79.6 Å². The van der Waals surface area contributed by atoms with Crippen LogP contribution in [-0.2, 0) is 14.3 Å². The second-order valence-electron chi connectivity index (χ2n) is 9.70. The van der Waals surface area contributed by atoms with E-state index in [0.29, 0.717) is 24.1 Å². The SMILES string of the molecule is O=C(COC(=O)c1cccc(N2C(=O)C3CC(Br)C(Br)CC3C2=O)c1)c1ccc(OC(=O)c2ccc(Br)cc2)cc1. The van der Waals surface area contributed by atoms with E-state index in [1.54, 1.807) is 36.4 Å². The van der Waals surface area contributed by atoms with E-state index < -0.39 is 36.2 Å². The molecule has 1 saturated heterocycles. The molecule has 8 nitrogen and oxygen atoms in total. The molecule has 3 aromatic rings. The van der Waals surface area contributed by atoms with Crippen molar-refractivity contribution in [3.05, 3.63) is 94.0 Å². The van der Waals surface area contributed by atoms with Crippen molar-refractivity contribution in [3.8, 4) is 5.75 Å². The van der Waals surface area contributed by atoms with Crippen molar-refractivity contribution in [2.75, 3.05) is 11.5 Å². The smallest absolute Gasteiger partial charge is 0.343 e. The van der Waals surface area contributed by atoms with Crippen LogP contribution >= 0.6 is 47.8 Å². The fourth-order valence-corrected chi connectivity index (χ4v) is 6.38. The number of Topliss-reactive ketones (excluding diaryl/α,β-unsaturated/α-hetero) is 1. The predicted octanol–water partition coefficient (Wildman–Crippen LogP) is 6.13. The Labute approximate surface area is 260 Å². The molecule has 11 heteroatoms. The number of amides is 2. The lowest BCUT2D eigenvalue weighted by Gasteiger charge is -2.29. The maximum Gasteiger partial charge on any atom is 0.343 e. The van der Waals surface area contributed by atoms with E-state index >= 15 is 0 Å². The van der Waals surface area contributed by atoms with Crippen LogP contribution in [0.2, 0.25) is 0 Å². The van der Waals surface area contributed by atoms with Gasteiger partial charge in [-0.25, -0.2) is 9.59 Å². The Kier molecular flexibility index (Phi) is 8.86. The molecule has 1 heterocycles. The molecule has 0 N–H and O–H groups in total. The number of halogens is 3. The number of hydrogen-bond acceptors (Lipinski definition) is 7. The molecule has 1 aliphatic heterocycles. The van der Waals surface area contributed by atoms with Crippen molar-refractivity contribution in [1.29, 1.82) is 0 Å². The minimum Gasteiger partial charge on any atom is -0.454 e. The monoisotopic (exact) mass is 745 g/mol. The Balaban J connectivity index is 1.19. The van der Waals surface area contributed by atoms with E-state index in [9.17, 15) is 24.0 Å². The number of esters is 2. The molecule has 4 atom stereocenters. The van der Waals surface area contributed by atoms with Gasteiger partial charge in [0.15, 0.2) is 12.4 Å². The van der Waals surface area contributed by atoms with Gasteiger partial charge in [0, 0.05) is 19.7 Å². The third kappa shape index (κ3) is 6.37. The van der Waals surface area contributed by atoms with Gasteiger partial charge in [-0.3, -0.25) is 19.3 Å². The van der Waals surface area contributed by atoms with Crippen LogP contribution in [-0.4, -0.2) is 45.8 Å². The second kappa shape index (κ2) is 12.4. The fraction of sp³-hybridized carbons (Fsp3) is 0.233. The number of imide groups is 1. The molecule has 210 valence electrons. The van der Waals surface area contributed by atoms with E-state index in [1.807, 2.05) is 0 Å². The largest absolute Gasteiger partial charge is 0.454 e. The number of alkyl halides is 2. The van der Waals surface area contributed by atoms with Gasteiger partial charge < -0.3 is 9.47 Å². The topological polar surface area (TPSA) is 107 Å². The highest BCUT2D eigenvalue weighted by molar-refractivity contribution is 9.12. The first-order valence-electron chi connectivity index (χ1n) is 12.7. The molecule has 2 amide bonds. The quantitative estimate of drug-likeness (QED) is 0.0941. The molecule has 0 bridgehead atoms. The number of hydrogen-bond donors (Lipinski definition) is 0. The molecule has 1 saturated carbocycles. The van der Waals surface area contributed by atoms with Crippen molar-refractivity contribution in [2.24, 2.45) is 11.8 Å². The van der Waals surface area contributed by atoms with Crippen LogP contribution in [0.15, 0.2) is 77.3 Å². The van der Waals surface area contributed by atoms with Gasteiger partial charge in [-0.15, -0.1) is 0 Å². The van der Waals surface area contributed by atoms with E-state index in [4.69, 9.17) is 9.47 Å². The van der Waals surface area contributed by atoms with E-state index in [2.05, 4.69) is 47.8 Å². The van der Waals surface area contributed by atoms with E-state index in [0.717, 1.165) is 9.37 Å². The number of fused-ring (bicyclic) bond motifs is 1. The van der Waals surface area contributed by atoms with Gasteiger partial charge in [-0.1, -0.05) is 53.9 Å². The van der Waals surface area contributed by atoms with Crippen LogP contribution < -0.4 is 9.64 Å². The van der Waals surface area contributed by atoms with Crippen molar-refractivity contribution in [2.45, 2.75) is 22.5 Å². The van der Waals surface area contributed by atoms with Gasteiger partial charge in [0.2, 0.25) is 11.8 Å². The van der Waals surface area contributed by atoms with Crippen molar-refractivity contribution < 1.29 is 33.4 Å². The highest BCUT2D eigenvalue weighted by Crippen LogP contribution is 2.44. The van der Waals surface area contributed by atoms with Gasteiger partial charge >= 0.3 is 11.9 Å². The van der Waals surface area contributed by atoms with Crippen LogP contribution in [0.5, 0.6) is 5.75 Å². The normalized spacial score (nSPS) is 21.8. The summed E-state index contributed by atoms with van der Waals surface area (Å²) < 4.78 is 11.4. The van der Waals surface area contributed by atoms with E-state index in [-0.39, 0.29) is 38.3 Å². The molecule has 0 spiro atoms. The lowest BCUT2D eigenvalue weighted by atomic mass is 9.81. The molecule has 4 unspecified atom stereocenters. The first-order valence-corrected chi connectivity index (χ1v) is 15.3. The molecule has 1 aliphatic carbocycles. The van der Waals surface area contributed by atoms with Gasteiger partial charge in [-0.2, -0.15) is 0 Å². The Hall–Kier alpha value is -3.15. The second-order valence-corrected chi connectivity index (χ2v) is 13.0. The van der Waals surface area contributed by atoms with Crippen LogP contribution in [0.4, 0.5) is 5.69 Å². The van der Waals surface area contributed by atoms with Crippen LogP contribution in [0.25, 0.3) is 0 Å². The van der Waals surface area contributed by atoms with Gasteiger partial charge in [0.25, 0.3) is 0 Å². The number of ether oxygens (including phenoxy) is 2. The highest BCUT2D eigenvalue weighted by Gasteiger charge is 2.52. The number of nitrogens with zero attached hydrogens (tertiary/aromatic N) is 1. The molecule has 2 aliphatic rings. The summed E-state index contributed by atoms with van der Waals surface area (Å²) in [5.41, 5.74) is 1.04. The summed E-state index contributed by atoms with van der Waals surface area (Å²) in [6, 6.07) is 18.7. The standard InChI is InChI=1S/C30H22Br3NO7/c31-19-8-4-17(5-9-19)30(39)41-21-10-6-16(7-11-21)26(35)15-40-29(38)18-2-1-3-20(12-18)34-27(36)22-13-24(32)25(33)14-23(22)28(34)37/h1-12,22-25H,13-15H2. The summed E-state index contributed by atoms with van der Waals surface area (Å²) in [4.78, 5) is 65.2. The molecule has 5 rings (SSSR count). The highest BCUT2D eigenvalue weighted by atomic mass is 79.9. The first kappa shape index (κ1) is 29.3. The lowest BCUT2D eigenvalue weighted by Crippen LogP contribution is -2.34. The molecule has 0 aromatic heterocycles. The number of benzene rings is 3. The van der Waals surface area contributed by atoms with Gasteiger partial charge in [0.05, 0.1) is 28.7 Å². The van der Waals surface area contributed by atoms with Gasteiger partial charge in [0.1, 0.15) is 5.75 Å². The zero-order valence-electron chi connectivity index (χ0n) is 21.3. The maximum absolute atomic E-state index is 13.1. The van der Waals surface area contributed by atoms with Crippen LogP contribution in [0.3, 0.4) is 0 Å². The zero-order valence-corrected chi connectivity index (χ0v) is 26.1. The lowest BCUT2D eigenvalue weighted by molar-refractivity contribution is -0.122. The predicted molar refractivity (Wildman–Crippen MR) is 161 cm³/mol. The minimum atomic E-state index is -0.766. The van der Waals surface area contributed by atoms with E-state index in [1.165, 1.54) is 36.4 Å². The number of ketones is 1. The Morgan fingerprint density at radius 1 is 0.756 bits per heavy atom. The summed E-state index contributed by atoms with van der Waals surface area (Å²) in [5, 5.41) is 0. The third-order valence-corrected chi connectivity index (χ3v) is 10.3. The molecule has 0 radical (unpaired) electrons. The van der Waals surface area contributed by atoms with Crippen molar-refractivity contribution in [3.63, 3.8) is 0 Å².